The van der Waals surface area contributed by atoms with Crippen LogP contribution >= 0.6 is 11.6 Å². The van der Waals surface area contributed by atoms with Crippen molar-refractivity contribution in [2.75, 3.05) is 0 Å². The molecule has 0 saturated carbocycles. The molecule has 0 unspecified atom stereocenters. The quantitative estimate of drug-likeness (QED) is 0.713. The molecule has 4 heteroatoms. The van der Waals surface area contributed by atoms with Crippen LogP contribution in [0.4, 0.5) is 4.39 Å². The Labute approximate surface area is 114 Å². The minimum absolute atomic E-state index is 0.0232. The highest BCUT2D eigenvalue weighted by molar-refractivity contribution is 6.32. The van der Waals surface area contributed by atoms with Crippen molar-refractivity contribution in [1.82, 2.24) is 4.98 Å². The van der Waals surface area contributed by atoms with Crippen LogP contribution in [-0.4, -0.2) is 10.1 Å². The monoisotopic (exact) mass is 273 g/mol. The van der Waals surface area contributed by atoms with Crippen LogP contribution in [0.15, 0.2) is 48.5 Å². The van der Waals surface area contributed by atoms with Gasteiger partial charge in [-0.3, -0.25) is 0 Å². The Morgan fingerprint density at radius 2 is 1.84 bits per heavy atom. The average Bonchev–Trinajstić information content (AvgIpc) is 2.43. The van der Waals surface area contributed by atoms with Crippen LogP contribution in [0.5, 0.6) is 5.75 Å². The SMILES string of the molecule is Oc1c(F)cc(-c2ccc3ccccc3n2)cc1Cl. The Balaban J connectivity index is 2.19. The van der Waals surface area contributed by atoms with Crippen molar-refractivity contribution < 1.29 is 9.50 Å². The van der Waals surface area contributed by atoms with E-state index in [0.29, 0.717) is 11.3 Å². The highest BCUT2D eigenvalue weighted by Crippen LogP contribution is 2.32. The summed E-state index contributed by atoms with van der Waals surface area (Å²) in [5.41, 5.74) is 1.97. The largest absolute Gasteiger partial charge is 0.504 e. The number of nitrogens with zero attached hydrogens (tertiary/aromatic N) is 1. The van der Waals surface area contributed by atoms with Gasteiger partial charge < -0.3 is 5.11 Å². The number of rotatable bonds is 1. The molecule has 0 aliphatic rings. The Morgan fingerprint density at radius 1 is 1.05 bits per heavy atom. The minimum atomic E-state index is -0.752. The van der Waals surface area contributed by atoms with Gasteiger partial charge in [0, 0.05) is 10.9 Å². The Kier molecular flexibility index (Phi) is 2.84. The Hall–Kier alpha value is -2.13. The molecule has 1 N–H and O–H groups in total. The van der Waals surface area contributed by atoms with Gasteiger partial charge in [-0.05, 0) is 24.3 Å². The molecule has 2 nitrogen and oxygen atoms in total. The first kappa shape index (κ1) is 11.9. The number of para-hydroxylation sites is 1. The van der Waals surface area contributed by atoms with E-state index in [9.17, 15) is 9.50 Å². The predicted molar refractivity (Wildman–Crippen MR) is 73.8 cm³/mol. The van der Waals surface area contributed by atoms with Gasteiger partial charge in [-0.25, -0.2) is 9.37 Å². The summed E-state index contributed by atoms with van der Waals surface area (Å²) in [5, 5.41) is 10.3. The van der Waals surface area contributed by atoms with Gasteiger partial charge in [-0.15, -0.1) is 0 Å². The summed E-state index contributed by atoms with van der Waals surface area (Å²) >= 11 is 5.77. The average molecular weight is 274 g/mol. The van der Waals surface area contributed by atoms with Crippen molar-refractivity contribution in [2.24, 2.45) is 0 Å². The zero-order chi connectivity index (χ0) is 13.4. The first-order chi connectivity index (χ1) is 9.15. The molecule has 0 saturated heterocycles. The van der Waals surface area contributed by atoms with E-state index in [0.717, 1.165) is 10.9 Å². The van der Waals surface area contributed by atoms with E-state index in [4.69, 9.17) is 11.6 Å². The summed E-state index contributed by atoms with van der Waals surface area (Å²) in [5.74, 6) is -1.29. The summed E-state index contributed by atoms with van der Waals surface area (Å²) in [4.78, 5) is 4.45. The molecule has 94 valence electrons. The number of halogens is 2. The second-order valence-electron chi connectivity index (χ2n) is 4.18. The lowest BCUT2D eigenvalue weighted by molar-refractivity contribution is 0.433. The fourth-order valence-corrected chi connectivity index (χ4v) is 2.15. The number of aromatic hydroxyl groups is 1. The van der Waals surface area contributed by atoms with E-state index in [1.54, 1.807) is 6.07 Å². The van der Waals surface area contributed by atoms with Crippen LogP contribution in [0, 0.1) is 5.82 Å². The highest BCUT2D eigenvalue weighted by atomic mass is 35.5. The van der Waals surface area contributed by atoms with Crippen LogP contribution in [0.3, 0.4) is 0 Å². The number of hydrogen-bond acceptors (Lipinski definition) is 2. The molecule has 2 aromatic carbocycles. The fraction of sp³-hybridized carbons (Fsp3) is 0. The van der Waals surface area contributed by atoms with Gasteiger partial charge in [0.25, 0.3) is 0 Å². The molecule has 3 aromatic rings. The summed E-state index contributed by atoms with van der Waals surface area (Å²) in [7, 11) is 0. The molecule has 3 rings (SSSR count). The van der Waals surface area contributed by atoms with Gasteiger partial charge in [0.05, 0.1) is 16.2 Å². The highest BCUT2D eigenvalue weighted by Gasteiger charge is 2.10. The van der Waals surface area contributed by atoms with Crippen molar-refractivity contribution in [3.05, 3.63) is 59.4 Å². The molecule has 1 aromatic heterocycles. The Bertz CT molecular complexity index is 750. The van der Waals surface area contributed by atoms with Gasteiger partial charge in [0.2, 0.25) is 0 Å². The number of phenolic OH excluding ortho intramolecular Hbond substituents is 1. The summed E-state index contributed by atoms with van der Waals surface area (Å²) in [6.45, 7) is 0. The van der Waals surface area contributed by atoms with Crippen LogP contribution in [-0.2, 0) is 0 Å². The molecule has 0 amide bonds. The summed E-state index contributed by atoms with van der Waals surface area (Å²) < 4.78 is 13.5. The third kappa shape index (κ3) is 2.13. The van der Waals surface area contributed by atoms with Crippen molar-refractivity contribution in [1.29, 1.82) is 0 Å². The van der Waals surface area contributed by atoms with Crippen molar-refractivity contribution >= 4 is 22.5 Å². The normalized spacial score (nSPS) is 10.8. The summed E-state index contributed by atoms with van der Waals surface area (Å²) in [6.07, 6.45) is 0. The van der Waals surface area contributed by atoms with Gasteiger partial charge in [-0.1, -0.05) is 35.9 Å². The lowest BCUT2D eigenvalue weighted by Gasteiger charge is -2.05. The maximum absolute atomic E-state index is 13.5. The van der Waals surface area contributed by atoms with E-state index < -0.39 is 11.6 Å². The smallest absolute Gasteiger partial charge is 0.170 e. The number of hydrogen-bond donors (Lipinski definition) is 1. The number of benzene rings is 2. The third-order valence-electron chi connectivity index (χ3n) is 2.91. The van der Waals surface area contributed by atoms with E-state index in [-0.39, 0.29) is 5.02 Å². The van der Waals surface area contributed by atoms with Crippen LogP contribution < -0.4 is 0 Å². The number of pyridine rings is 1. The topological polar surface area (TPSA) is 33.1 Å². The van der Waals surface area contributed by atoms with Gasteiger partial charge in [0.15, 0.2) is 11.6 Å². The first-order valence-corrected chi connectivity index (χ1v) is 6.07. The molecule has 0 bridgehead atoms. The summed E-state index contributed by atoms with van der Waals surface area (Å²) in [6, 6.07) is 14.1. The lowest BCUT2D eigenvalue weighted by Crippen LogP contribution is -1.87. The molecular formula is C15H9ClFNO. The minimum Gasteiger partial charge on any atom is -0.504 e. The molecule has 0 radical (unpaired) electrons. The molecule has 19 heavy (non-hydrogen) atoms. The number of fused-ring (bicyclic) bond motifs is 1. The van der Waals surface area contributed by atoms with Crippen LogP contribution in [0.1, 0.15) is 0 Å². The zero-order valence-electron chi connectivity index (χ0n) is 9.77. The fourth-order valence-electron chi connectivity index (χ4n) is 1.94. The molecule has 0 aliphatic carbocycles. The first-order valence-electron chi connectivity index (χ1n) is 5.69. The maximum Gasteiger partial charge on any atom is 0.170 e. The second kappa shape index (κ2) is 4.52. The molecule has 1 heterocycles. The third-order valence-corrected chi connectivity index (χ3v) is 3.20. The lowest BCUT2D eigenvalue weighted by atomic mass is 10.1. The zero-order valence-corrected chi connectivity index (χ0v) is 10.5. The Morgan fingerprint density at radius 3 is 2.63 bits per heavy atom. The number of phenols is 1. The molecular weight excluding hydrogens is 265 g/mol. The van der Waals surface area contributed by atoms with Crippen molar-refractivity contribution in [2.45, 2.75) is 0 Å². The van der Waals surface area contributed by atoms with Crippen molar-refractivity contribution in [3.63, 3.8) is 0 Å². The van der Waals surface area contributed by atoms with E-state index in [1.165, 1.54) is 12.1 Å². The van der Waals surface area contributed by atoms with Gasteiger partial charge >= 0.3 is 0 Å². The predicted octanol–water partition coefficient (Wildman–Crippen LogP) is 4.40. The van der Waals surface area contributed by atoms with Crippen LogP contribution in [0.25, 0.3) is 22.2 Å². The van der Waals surface area contributed by atoms with Gasteiger partial charge in [-0.2, -0.15) is 0 Å². The van der Waals surface area contributed by atoms with Gasteiger partial charge in [0.1, 0.15) is 0 Å². The van der Waals surface area contributed by atoms with Crippen molar-refractivity contribution in [3.8, 4) is 17.0 Å². The number of aromatic nitrogens is 1. The second-order valence-corrected chi connectivity index (χ2v) is 4.58. The van der Waals surface area contributed by atoms with E-state index >= 15 is 0 Å². The molecule has 0 spiro atoms. The molecule has 0 fully saturated rings. The molecule has 0 atom stereocenters. The van der Waals surface area contributed by atoms with E-state index in [2.05, 4.69) is 4.98 Å². The van der Waals surface area contributed by atoms with Crippen LogP contribution in [0.2, 0.25) is 5.02 Å². The van der Waals surface area contributed by atoms with E-state index in [1.807, 2.05) is 30.3 Å². The standard InChI is InChI=1S/C15H9ClFNO/c16-11-7-10(8-12(17)15(11)19)14-6-5-9-3-1-2-4-13(9)18-14/h1-8,19H. The molecule has 0 aliphatic heterocycles. The maximum atomic E-state index is 13.5.